The van der Waals surface area contributed by atoms with Gasteiger partial charge in [-0.05, 0) is 58.4 Å². The van der Waals surface area contributed by atoms with E-state index in [0.29, 0.717) is 16.3 Å². The minimum atomic E-state index is -0.921. The number of hydrogen-bond donors (Lipinski definition) is 1. The maximum absolute atomic E-state index is 12.4. The van der Waals surface area contributed by atoms with Crippen LogP contribution in [0.25, 0.3) is 0 Å². The Morgan fingerprint density at radius 3 is 2.52 bits per heavy atom. The van der Waals surface area contributed by atoms with Gasteiger partial charge in [0, 0.05) is 28.6 Å². The average Bonchev–Trinajstić information content (AvgIpc) is 2.84. The van der Waals surface area contributed by atoms with E-state index in [4.69, 9.17) is 16.3 Å². The van der Waals surface area contributed by atoms with Gasteiger partial charge in [-0.1, -0.05) is 17.7 Å². The fourth-order valence-electron chi connectivity index (χ4n) is 2.74. The number of nitrogens with zero attached hydrogens (tertiary/aromatic N) is 1. The Hall–Kier alpha value is -2.27. The first-order valence-electron chi connectivity index (χ1n) is 8.19. The summed E-state index contributed by atoms with van der Waals surface area (Å²) in [5, 5.41) is 3.27. The number of esters is 1. The lowest BCUT2D eigenvalue weighted by molar-refractivity contribution is -0.123. The number of nitrogens with one attached hydrogen (secondary N) is 1. The van der Waals surface area contributed by atoms with E-state index in [9.17, 15) is 9.59 Å². The molecular weight excluding hydrogens is 340 g/mol. The number of anilines is 1. The highest BCUT2D eigenvalue weighted by molar-refractivity contribution is 6.31. The van der Waals surface area contributed by atoms with Crippen LogP contribution >= 0.6 is 11.6 Å². The number of carbonyl (C=O) groups excluding carboxylic acids is 2. The molecule has 1 aromatic carbocycles. The van der Waals surface area contributed by atoms with Crippen molar-refractivity contribution in [2.45, 2.75) is 47.3 Å². The molecule has 25 heavy (non-hydrogen) atoms. The Morgan fingerprint density at radius 2 is 1.92 bits per heavy atom. The van der Waals surface area contributed by atoms with E-state index in [1.165, 1.54) is 0 Å². The van der Waals surface area contributed by atoms with Gasteiger partial charge >= 0.3 is 5.97 Å². The van der Waals surface area contributed by atoms with E-state index >= 15 is 0 Å². The molecule has 1 atom stereocenters. The van der Waals surface area contributed by atoms with Crippen molar-refractivity contribution in [2.24, 2.45) is 0 Å². The molecule has 2 rings (SSSR count). The van der Waals surface area contributed by atoms with Gasteiger partial charge in [0.2, 0.25) is 0 Å². The lowest BCUT2D eigenvalue weighted by Gasteiger charge is -2.15. The van der Waals surface area contributed by atoms with Gasteiger partial charge in [0.25, 0.3) is 5.91 Å². The number of aromatic nitrogens is 1. The number of rotatable bonds is 5. The van der Waals surface area contributed by atoms with Crippen molar-refractivity contribution in [3.8, 4) is 0 Å². The molecule has 0 saturated heterocycles. The van der Waals surface area contributed by atoms with Crippen LogP contribution in [-0.2, 0) is 16.1 Å². The molecule has 6 heteroatoms. The van der Waals surface area contributed by atoms with Crippen LogP contribution < -0.4 is 5.32 Å². The lowest BCUT2D eigenvalue weighted by Crippen LogP contribution is -2.30. The van der Waals surface area contributed by atoms with Crippen molar-refractivity contribution in [1.82, 2.24) is 4.57 Å². The molecule has 0 fully saturated rings. The van der Waals surface area contributed by atoms with Crippen molar-refractivity contribution in [3.05, 3.63) is 51.8 Å². The minimum Gasteiger partial charge on any atom is -0.449 e. The molecule has 1 unspecified atom stereocenters. The second-order valence-corrected chi connectivity index (χ2v) is 6.46. The highest BCUT2D eigenvalue weighted by Crippen LogP contribution is 2.21. The van der Waals surface area contributed by atoms with Gasteiger partial charge in [-0.15, -0.1) is 0 Å². The summed E-state index contributed by atoms with van der Waals surface area (Å²) < 4.78 is 7.36. The van der Waals surface area contributed by atoms with E-state index in [2.05, 4.69) is 5.32 Å². The summed E-state index contributed by atoms with van der Waals surface area (Å²) in [6.07, 6.45) is -0.921. The fraction of sp³-hybridized carbons (Fsp3) is 0.368. The number of carbonyl (C=O) groups is 2. The van der Waals surface area contributed by atoms with Crippen LogP contribution in [0.5, 0.6) is 0 Å². The number of ether oxygens (including phenoxy) is 1. The molecule has 0 aliphatic heterocycles. The molecule has 0 spiro atoms. The van der Waals surface area contributed by atoms with Gasteiger partial charge in [-0.25, -0.2) is 4.79 Å². The van der Waals surface area contributed by atoms with Crippen molar-refractivity contribution in [2.75, 3.05) is 5.32 Å². The van der Waals surface area contributed by atoms with Crippen LogP contribution in [0.3, 0.4) is 0 Å². The largest absolute Gasteiger partial charge is 0.449 e. The average molecular weight is 363 g/mol. The Labute approximate surface area is 152 Å². The molecule has 0 bridgehead atoms. The lowest BCUT2D eigenvalue weighted by atomic mass is 10.2. The Morgan fingerprint density at radius 1 is 1.24 bits per heavy atom. The molecule has 0 saturated carbocycles. The second kappa shape index (κ2) is 7.74. The molecule has 0 radical (unpaired) electrons. The Kier molecular flexibility index (Phi) is 5.90. The Balaban J connectivity index is 2.08. The van der Waals surface area contributed by atoms with Gasteiger partial charge in [-0.2, -0.15) is 0 Å². The van der Waals surface area contributed by atoms with E-state index in [1.54, 1.807) is 25.1 Å². The van der Waals surface area contributed by atoms with Crippen molar-refractivity contribution >= 4 is 29.2 Å². The van der Waals surface area contributed by atoms with Gasteiger partial charge in [-0.3, -0.25) is 4.79 Å². The molecule has 134 valence electrons. The normalized spacial score (nSPS) is 11.9. The predicted octanol–water partition coefficient (Wildman–Crippen LogP) is 4.27. The molecule has 1 heterocycles. The zero-order valence-corrected chi connectivity index (χ0v) is 15.9. The van der Waals surface area contributed by atoms with Crippen molar-refractivity contribution in [3.63, 3.8) is 0 Å². The Bertz CT molecular complexity index is 811. The molecule has 1 aromatic heterocycles. The zero-order valence-electron chi connectivity index (χ0n) is 15.1. The third-order valence-electron chi connectivity index (χ3n) is 4.22. The summed E-state index contributed by atoms with van der Waals surface area (Å²) in [6.45, 7) is 10.0. The molecule has 0 aliphatic carbocycles. The van der Waals surface area contributed by atoms with Crippen LogP contribution in [0.1, 0.15) is 41.2 Å². The number of hydrogen-bond acceptors (Lipinski definition) is 3. The molecule has 1 N–H and O–H groups in total. The first-order valence-corrected chi connectivity index (χ1v) is 8.57. The highest BCUT2D eigenvalue weighted by atomic mass is 35.5. The molecule has 0 aliphatic rings. The van der Waals surface area contributed by atoms with Crippen molar-refractivity contribution < 1.29 is 14.3 Å². The number of aryl methyl sites for hydroxylation is 2. The minimum absolute atomic E-state index is 0.400. The number of benzene rings is 1. The van der Waals surface area contributed by atoms with Gasteiger partial charge in [0.15, 0.2) is 6.10 Å². The second-order valence-electron chi connectivity index (χ2n) is 6.03. The monoisotopic (exact) mass is 362 g/mol. The van der Waals surface area contributed by atoms with E-state index < -0.39 is 18.0 Å². The summed E-state index contributed by atoms with van der Waals surface area (Å²) in [5.41, 5.74) is 3.78. The first-order chi connectivity index (χ1) is 11.7. The maximum Gasteiger partial charge on any atom is 0.340 e. The van der Waals surface area contributed by atoms with Gasteiger partial charge in [0.1, 0.15) is 0 Å². The molecule has 1 amide bonds. The topological polar surface area (TPSA) is 60.3 Å². The number of halogens is 1. The summed E-state index contributed by atoms with van der Waals surface area (Å²) in [6, 6.07) is 7.01. The standard InChI is InChI=1S/C19H23ClN2O3/c1-6-22-12(3)9-16(13(22)4)19(24)25-14(5)18(23)21-17-10-15(20)8-7-11(17)2/h7-10,14H,6H2,1-5H3,(H,21,23). The third kappa shape index (κ3) is 4.23. The number of amides is 1. The van der Waals surface area contributed by atoms with Crippen LogP contribution in [0, 0.1) is 20.8 Å². The van der Waals surface area contributed by atoms with Gasteiger partial charge in [0.05, 0.1) is 5.56 Å². The third-order valence-corrected chi connectivity index (χ3v) is 4.46. The van der Waals surface area contributed by atoms with Gasteiger partial charge < -0.3 is 14.6 Å². The highest BCUT2D eigenvalue weighted by Gasteiger charge is 2.22. The van der Waals surface area contributed by atoms with Crippen LogP contribution in [0.15, 0.2) is 24.3 Å². The zero-order chi connectivity index (χ0) is 18.7. The van der Waals surface area contributed by atoms with E-state index in [0.717, 1.165) is 23.5 Å². The maximum atomic E-state index is 12.4. The first kappa shape index (κ1) is 19.1. The summed E-state index contributed by atoms with van der Waals surface area (Å²) in [5.74, 6) is -0.902. The summed E-state index contributed by atoms with van der Waals surface area (Å²) in [7, 11) is 0. The fourth-order valence-corrected chi connectivity index (χ4v) is 2.91. The molecule has 5 nitrogen and oxygen atoms in total. The smallest absolute Gasteiger partial charge is 0.340 e. The summed E-state index contributed by atoms with van der Waals surface area (Å²) in [4.78, 5) is 24.7. The van der Waals surface area contributed by atoms with Crippen LogP contribution in [0.4, 0.5) is 5.69 Å². The quantitative estimate of drug-likeness (QED) is 0.808. The molecular formula is C19H23ClN2O3. The summed E-state index contributed by atoms with van der Waals surface area (Å²) >= 11 is 5.95. The van der Waals surface area contributed by atoms with Crippen molar-refractivity contribution in [1.29, 1.82) is 0 Å². The van der Waals surface area contributed by atoms with Crippen LogP contribution in [0.2, 0.25) is 5.02 Å². The predicted molar refractivity (Wildman–Crippen MR) is 99.3 cm³/mol. The van der Waals surface area contributed by atoms with Crippen LogP contribution in [-0.4, -0.2) is 22.5 Å². The van der Waals surface area contributed by atoms with E-state index in [-0.39, 0.29) is 0 Å². The molecule has 2 aromatic rings. The van der Waals surface area contributed by atoms with E-state index in [1.807, 2.05) is 38.3 Å². The SMILES string of the molecule is CCn1c(C)cc(C(=O)OC(C)C(=O)Nc2cc(Cl)ccc2C)c1C.